The minimum Gasteiger partial charge on any atom is -0.350 e. The summed E-state index contributed by atoms with van der Waals surface area (Å²) in [5.41, 5.74) is 7.54. The molecule has 4 N–H and O–H groups in total. The highest BCUT2D eigenvalue weighted by atomic mass is 35.5. The molecule has 2 atom stereocenters. The molecule has 0 radical (unpaired) electrons. The molecule has 0 saturated heterocycles. The second kappa shape index (κ2) is 11.8. The molecule has 0 bridgehead atoms. The van der Waals surface area contributed by atoms with Gasteiger partial charge in [0.1, 0.15) is 6.04 Å². The van der Waals surface area contributed by atoms with Crippen LogP contribution in [0.3, 0.4) is 0 Å². The molecule has 1 heterocycles. The van der Waals surface area contributed by atoms with Gasteiger partial charge in [-0.3, -0.25) is 9.59 Å². The van der Waals surface area contributed by atoms with E-state index in [-0.39, 0.29) is 42.2 Å². The Morgan fingerprint density at radius 1 is 1.14 bits per heavy atom. The second-order valence-corrected chi connectivity index (χ2v) is 7.80. The molecular weight excluding hydrogens is 413 g/mol. The molecule has 162 valence electrons. The first-order chi connectivity index (χ1) is 12.6. The third-order valence-electron chi connectivity index (χ3n) is 3.91. The Kier molecular flexibility index (Phi) is 11.0. The number of nitrogens with one attached hydrogen (secondary N) is 2. The molecule has 9 heteroatoms. The van der Waals surface area contributed by atoms with Crippen LogP contribution in [0.5, 0.6) is 0 Å². The molecule has 29 heavy (non-hydrogen) atoms. The number of carbonyl (C=O) groups excluding carboxylic acids is 2. The number of imidazole rings is 1. The van der Waals surface area contributed by atoms with E-state index in [4.69, 9.17) is 5.73 Å². The molecule has 0 aliphatic carbocycles. The van der Waals surface area contributed by atoms with Gasteiger partial charge in [-0.05, 0) is 33.3 Å². The van der Waals surface area contributed by atoms with Crippen molar-refractivity contribution < 1.29 is 9.59 Å². The van der Waals surface area contributed by atoms with Crippen molar-refractivity contribution in [3.05, 3.63) is 54.1 Å². The number of hydrogen-bond acceptors (Lipinski definition) is 4. The van der Waals surface area contributed by atoms with Gasteiger partial charge in [0.25, 0.3) is 0 Å². The second-order valence-electron chi connectivity index (χ2n) is 7.80. The van der Waals surface area contributed by atoms with E-state index in [2.05, 4.69) is 15.6 Å². The van der Waals surface area contributed by atoms with Crippen LogP contribution in [-0.2, 0) is 22.6 Å². The fourth-order valence-electron chi connectivity index (χ4n) is 2.57. The van der Waals surface area contributed by atoms with E-state index in [0.717, 1.165) is 5.69 Å². The summed E-state index contributed by atoms with van der Waals surface area (Å²) in [7, 11) is 0. The van der Waals surface area contributed by atoms with E-state index >= 15 is 0 Å². The number of hydrogen-bond donors (Lipinski definition) is 3. The van der Waals surface area contributed by atoms with E-state index in [9.17, 15) is 9.59 Å². The summed E-state index contributed by atoms with van der Waals surface area (Å²) in [6.07, 6.45) is 3.92. The van der Waals surface area contributed by atoms with Crippen molar-refractivity contribution in [2.45, 2.75) is 58.3 Å². The van der Waals surface area contributed by atoms with E-state index in [1.165, 1.54) is 5.56 Å². The van der Waals surface area contributed by atoms with Gasteiger partial charge in [-0.1, -0.05) is 30.3 Å². The van der Waals surface area contributed by atoms with Crippen LogP contribution < -0.4 is 16.4 Å². The van der Waals surface area contributed by atoms with E-state index in [1.807, 2.05) is 61.9 Å². The third-order valence-corrected chi connectivity index (χ3v) is 3.91. The van der Waals surface area contributed by atoms with Crippen LogP contribution in [-0.4, -0.2) is 39.0 Å². The van der Waals surface area contributed by atoms with Gasteiger partial charge < -0.3 is 20.9 Å². The van der Waals surface area contributed by atoms with Gasteiger partial charge >= 0.3 is 0 Å². The summed E-state index contributed by atoms with van der Waals surface area (Å²) in [6, 6.07) is 8.62. The van der Waals surface area contributed by atoms with Gasteiger partial charge in [0.05, 0.1) is 18.1 Å². The average molecular weight is 444 g/mol. The smallest absolute Gasteiger partial charge is 0.242 e. The zero-order valence-corrected chi connectivity index (χ0v) is 18.8. The van der Waals surface area contributed by atoms with E-state index in [1.54, 1.807) is 13.3 Å². The van der Waals surface area contributed by atoms with Gasteiger partial charge in [0.2, 0.25) is 11.8 Å². The largest absolute Gasteiger partial charge is 0.350 e. The summed E-state index contributed by atoms with van der Waals surface area (Å²) >= 11 is 0. The minimum absolute atomic E-state index is 0. The maximum Gasteiger partial charge on any atom is 0.242 e. The molecule has 7 nitrogen and oxygen atoms in total. The van der Waals surface area contributed by atoms with Crippen LogP contribution in [0.2, 0.25) is 0 Å². The normalized spacial score (nSPS) is 12.7. The molecule has 0 saturated carbocycles. The van der Waals surface area contributed by atoms with Gasteiger partial charge in [-0.15, -0.1) is 24.8 Å². The Hall–Kier alpha value is -2.09. The Morgan fingerprint density at radius 3 is 2.34 bits per heavy atom. The van der Waals surface area contributed by atoms with Gasteiger partial charge in [0.15, 0.2) is 0 Å². The molecule has 0 aliphatic heterocycles. The highest BCUT2D eigenvalue weighted by molar-refractivity contribution is 5.89. The lowest BCUT2D eigenvalue weighted by Crippen LogP contribution is -2.54. The molecule has 2 rings (SSSR count). The predicted molar refractivity (Wildman–Crippen MR) is 119 cm³/mol. The first kappa shape index (κ1) is 26.9. The lowest BCUT2D eigenvalue weighted by Gasteiger charge is -2.24. The van der Waals surface area contributed by atoms with Crippen LogP contribution in [0.1, 0.15) is 39.0 Å². The lowest BCUT2D eigenvalue weighted by molar-refractivity contribution is -0.130. The lowest BCUT2D eigenvalue weighted by atomic mass is 10.1. The Balaban J connectivity index is 0.00000392. The topological polar surface area (TPSA) is 102 Å². The van der Waals surface area contributed by atoms with Crippen molar-refractivity contribution in [1.82, 2.24) is 20.2 Å². The van der Waals surface area contributed by atoms with Crippen molar-refractivity contribution in [3.8, 4) is 0 Å². The van der Waals surface area contributed by atoms with Crippen molar-refractivity contribution in [1.29, 1.82) is 0 Å². The number of nitrogens with zero attached hydrogens (tertiary/aromatic N) is 2. The fraction of sp³-hybridized carbons (Fsp3) is 0.450. The number of halogens is 2. The van der Waals surface area contributed by atoms with Crippen molar-refractivity contribution in [2.24, 2.45) is 5.73 Å². The number of benzene rings is 1. The monoisotopic (exact) mass is 443 g/mol. The quantitative estimate of drug-likeness (QED) is 0.609. The molecule has 2 aromatic rings. The summed E-state index contributed by atoms with van der Waals surface area (Å²) in [6.45, 7) is 8.00. The zero-order chi connectivity index (χ0) is 20.0. The number of rotatable bonds is 7. The third kappa shape index (κ3) is 9.30. The molecule has 0 aliphatic rings. The standard InChI is InChI=1S/C20H29N5O2.2ClH/c1-14(18(26)24-20(2,3)4)23-19(27)17(21)10-16-12-25(13-22-16)11-15-8-6-5-7-9-15;;/h5-9,12-14,17H,10-11,21H2,1-4H3,(H,23,27)(H,24,26);2*1H/t14?,17-;;/m0../s1. The van der Waals surface area contributed by atoms with Crippen LogP contribution in [0.15, 0.2) is 42.9 Å². The molecule has 1 aromatic carbocycles. The van der Waals surface area contributed by atoms with Crippen LogP contribution in [0, 0.1) is 0 Å². The number of carbonyl (C=O) groups is 2. The zero-order valence-electron chi connectivity index (χ0n) is 17.2. The molecule has 0 spiro atoms. The highest BCUT2D eigenvalue weighted by Gasteiger charge is 2.23. The summed E-state index contributed by atoms with van der Waals surface area (Å²) in [4.78, 5) is 28.7. The maximum atomic E-state index is 12.3. The maximum absolute atomic E-state index is 12.3. The summed E-state index contributed by atoms with van der Waals surface area (Å²) in [5, 5.41) is 5.49. The number of nitrogens with two attached hydrogens (primary N) is 1. The first-order valence-corrected chi connectivity index (χ1v) is 9.06. The van der Waals surface area contributed by atoms with E-state index < -0.39 is 12.1 Å². The van der Waals surface area contributed by atoms with Crippen LogP contribution in [0.4, 0.5) is 0 Å². The average Bonchev–Trinajstić information content (AvgIpc) is 3.01. The summed E-state index contributed by atoms with van der Waals surface area (Å²) in [5.74, 6) is -0.612. The molecule has 1 unspecified atom stereocenters. The number of amides is 2. The van der Waals surface area contributed by atoms with Gasteiger partial charge in [-0.2, -0.15) is 0 Å². The Bertz CT molecular complexity index is 775. The minimum atomic E-state index is -0.769. The fourth-order valence-corrected chi connectivity index (χ4v) is 2.57. The predicted octanol–water partition coefficient (Wildman–Crippen LogP) is 2.06. The van der Waals surface area contributed by atoms with Crippen LogP contribution in [0.25, 0.3) is 0 Å². The Morgan fingerprint density at radius 2 is 1.76 bits per heavy atom. The highest BCUT2D eigenvalue weighted by Crippen LogP contribution is 2.06. The molecule has 2 amide bonds. The summed E-state index contributed by atoms with van der Waals surface area (Å²) < 4.78 is 1.95. The Labute approximate surface area is 184 Å². The van der Waals surface area contributed by atoms with Gasteiger partial charge in [-0.25, -0.2) is 4.98 Å². The molecular formula is C20H31Cl2N5O2. The number of aromatic nitrogens is 2. The van der Waals surface area contributed by atoms with Gasteiger partial charge in [0, 0.05) is 24.7 Å². The molecule has 1 aromatic heterocycles. The van der Waals surface area contributed by atoms with Crippen LogP contribution >= 0.6 is 24.8 Å². The van der Waals surface area contributed by atoms with E-state index in [0.29, 0.717) is 13.0 Å². The van der Waals surface area contributed by atoms with Crippen molar-refractivity contribution in [2.75, 3.05) is 0 Å². The first-order valence-electron chi connectivity index (χ1n) is 9.06. The van der Waals surface area contributed by atoms with Crippen molar-refractivity contribution in [3.63, 3.8) is 0 Å². The SMILES string of the molecule is CC(NC(=O)[C@@H](N)Cc1cn(Cc2ccccc2)cn1)C(=O)NC(C)(C)C.Cl.Cl. The van der Waals surface area contributed by atoms with Crippen molar-refractivity contribution >= 4 is 36.6 Å². The molecule has 0 fully saturated rings.